The summed E-state index contributed by atoms with van der Waals surface area (Å²) in [6, 6.07) is 12.9. The van der Waals surface area contributed by atoms with Gasteiger partial charge in [0.15, 0.2) is 0 Å². The van der Waals surface area contributed by atoms with Crippen LogP contribution in [-0.4, -0.2) is 0 Å². The van der Waals surface area contributed by atoms with E-state index in [4.69, 9.17) is 4.74 Å². The van der Waals surface area contributed by atoms with Crippen molar-refractivity contribution in [1.29, 1.82) is 0 Å². The lowest BCUT2D eigenvalue weighted by Crippen LogP contribution is -2.02. The summed E-state index contributed by atoms with van der Waals surface area (Å²) in [7, 11) is 0. The molecule has 0 radical (unpaired) electrons. The van der Waals surface area contributed by atoms with Gasteiger partial charge in [0.05, 0.1) is 0 Å². The molecule has 0 bridgehead atoms. The van der Waals surface area contributed by atoms with Crippen molar-refractivity contribution in [2.45, 2.75) is 37.9 Å². The standard InChI is InChI=1S/C18H19BrO/c1-13-10-14(12-19)6-9-18(13)20-17-8-7-15-4-2-3-5-16(15)11-17/h6-11H,2-5,12H2,1H3. The molecule has 0 unspecified atom stereocenters. The van der Waals surface area contributed by atoms with Gasteiger partial charge in [0.25, 0.3) is 0 Å². The van der Waals surface area contributed by atoms with E-state index >= 15 is 0 Å². The zero-order valence-electron chi connectivity index (χ0n) is 11.8. The first-order chi connectivity index (χ1) is 9.76. The van der Waals surface area contributed by atoms with Crippen LogP contribution in [0.15, 0.2) is 36.4 Å². The third-order valence-electron chi connectivity index (χ3n) is 3.94. The van der Waals surface area contributed by atoms with E-state index in [2.05, 4.69) is 59.3 Å². The van der Waals surface area contributed by atoms with Crippen molar-refractivity contribution in [2.75, 3.05) is 0 Å². The van der Waals surface area contributed by atoms with Gasteiger partial charge in [-0.1, -0.05) is 34.1 Å². The van der Waals surface area contributed by atoms with Crippen molar-refractivity contribution in [3.05, 3.63) is 58.7 Å². The van der Waals surface area contributed by atoms with Gasteiger partial charge < -0.3 is 4.74 Å². The SMILES string of the molecule is Cc1cc(CBr)ccc1Oc1ccc2c(c1)CCCC2. The molecular weight excluding hydrogens is 312 g/mol. The predicted octanol–water partition coefficient (Wildman–Crippen LogP) is 5.56. The van der Waals surface area contributed by atoms with Crippen molar-refractivity contribution >= 4 is 15.9 Å². The topological polar surface area (TPSA) is 9.23 Å². The van der Waals surface area contributed by atoms with Gasteiger partial charge in [0.2, 0.25) is 0 Å². The second-order valence-electron chi connectivity index (χ2n) is 5.47. The van der Waals surface area contributed by atoms with Crippen molar-refractivity contribution in [2.24, 2.45) is 0 Å². The van der Waals surface area contributed by atoms with Gasteiger partial charge in [-0.05, 0) is 73.1 Å². The van der Waals surface area contributed by atoms with Crippen LogP contribution in [-0.2, 0) is 18.2 Å². The second kappa shape index (κ2) is 6.01. The molecule has 1 aliphatic carbocycles. The Kier molecular flexibility index (Phi) is 4.11. The summed E-state index contributed by atoms with van der Waals surface area (Å²) in [5.41, 5.74) is 5.42. The average Bonchev–Trinajstić information content (AvgIpc) is 2.49. The van der Waals surface area contributed by atoms with Crippen molar-refractivity contribution in [3.63, 3.8) is 0 Å². The zero-order valence-corrected chi connectivity index (χ0v) is 13.4. The third-order valence-corrected chi connectivity index (χ3v) is 4.59. The molecule has 0 atom stereocenters. The molecule has 20 heavy (non-hydrogen) atoms. The van der Waals surface area contributed by atoms with Crippen LogP contribution in [0.1, 0.15) is 35.1 Å². The van der Waals surface area contributed by atoms with Crippen LogP contribution in [0.4, 0.5) is 0 Å². The van der Waals surface area contributed by atoms with Crippen LogP contribution in [0.2, 0.25) is 0 Å². The normalized spacial score (nSPS) is 13.9. The molecule has 0 N–H and O–H groups in total. The highest BCUT2D eigenvalue weighted by Crippen LogP contribution is 2.30. The van der Waals surface area contributed by atoms with Gasteiger partial charge in [-0.25, -0.2) is 0 Å². The van der Waals surface area contributed by atoms with Gasteiger partial charge in [-0.15, -0.1) is 0 Å². The Morgan fingerprint density at radius 1 is 1.00 bits per heavy atom. The Balaban J connectivity index is 1.84. The Hall–Kier alpha value is -1.28. The summed E-state index contributed by atoms with van der Waals surface area (Å²) < 4.78 is 6.06. The maximum Gasteiger partial charge on any atom is 0.130 e. The lowest BCUT2D eigenvalue weighted by molar-refractivity contribution is 0.477. The highest BCUT2D eigenvalue weighted by molar-refractivity contribution is 9.08. The number of benzene rings is 2. The van der Waals surface area contributed by atoms with E-state index in [-0.39, 0.29) is 0 Å². The molecule has 0 heterocycles. The monoisotopic (exact) mass is 330 g/mol. The molecule has 0 fully saturated rings. The Morgan fingerprint density at radius 2 is 1.80 bits per heavy atom. The minimum absolute atomic E-state index is 0.882. The van der Waals surface area contributed by atoms with Crippen LogP contribution in [0.3, 0.4) is 0 Å². The van der Waals surface area contributed by atoms with E-state index in [0.717, 1.165) is 16.8 Å². The smallest absolute Gasteiger partial charge is 0.130 e. The molecule has 2 heteroatoms. The van der Waals surface area contributed by atoms with E-state index < -0.39 is 0 Å². The van der Waals surface area contributed by atoms with Crippen LogP contribution < -0.4 is 4.74 Å². The minimum atomic E-state index is 0.882. The number of aryl methyl sites for hydroxylation is 3. The van der Waals surface area contributed by atoms with Crippen molar-refractivity contribution < 1.29 is 4.74 Å². The summed E-state index contributed by atoms with van der Waals surface area (Å²) in [6.07, 6.45) is 5.03. The number of alkyl halides is 1. The predicted molar refractivity (Wildman–Crippen MR) is 87.0 cm³/mol. The molecule has 0 saturated carbocycles. The molecule has 0 spiro atoms. The van der Waals surface area contributed by atoms with E-state index in [0.29, 0.717) is 0 Å². The Bertz CT molecular complexity index is 619. The van der Waals surface area contributed by atoms with E-state index in [1.165, 1.54) is 47.9 Å². The largest absolute Gasteiger partial charge is 0.457 e. The molecule has 0 aromatic heterocycles. The Labute approximate surface area is 129 Å². The van der Waals surface area contributed by atoms with E-state index in [1.54, 1.807) is 0 Å². The van der Waals surface area contributed by atoms with Gasteiger partial charge >= 0.3 is 0 Å². The summed E-state index contributed by atoms with van der Waals surface area (Å²) >= 11 is 3.48. The van der Waals surface area contributed by atoms with Crippen molar-refractivity contribution in [1.82, 2.24) is 0 Å². The maximum absolute atomic E-state index is 6.06. The van der Waals surface area contributed by atoms with Gasteiger partial charge in [-0.2, -0.15) is 0 Å². The van der Waals surface area contributed by atoms with E-state index in [1.807, 2.05) is 0 Å². The summed E-state index contributed by atoms with van der Waals surface area (Å²) in [6.45, 7) is 2.10. The second-order valence-corrected chi connectivity index (χ2v) is 6.03. The molecule has 1 aliphatic rings. The lowest BCUT2D eigenvalue weighted by atomic mass is 9.92. The number of halogens is 1. The summed E-state index contributed by atoms with van der Waals surface area (Å²) in [4.78, 5) is 0. The van der Waals surface area contributed by atoms with Gasteiger partial charge in [0.1, 0.15) is 11.5 Å². The number of hydrogen-bond donors (Lipinski definition) is 0. The summed E-state index contributed by atoms with van der Waals surface area (Å²) in [5.74, 6) is 1.91. The fraction of sp³-hybridized carbons (Fsp3) is 0.333. The van der Waals surface area contributed by atoms with Crippen LogP contribution in [0, 0.1) is 6.92 Å². The average molecular weight is 331 g/mol. The number of fused-ring (bicyclic) bond motifs is 1. The number of ether oxygens (including phenoxy) is 1. The number of hydrogen-bond acceptors (Lipinski definition) is 1. The molecule has 2 aromatic carbocycles. The molecule has 104 valence electrons. The highest BCUT2D eigenvalue weighted by Gasteiger charge is 2.10. The van der Waals surface area contributed by atoms with E-state index in [9.17, 15) is 0 Å². The number of rotatable bonds is 3. The Morgan fingerprint density at radius 3 is 2.55 bits per heavy atom. The molecule has 1 nitrogen and oxygen atoms in total. The molecule has 3 rings (SSSR count). The van der Waals surface area contributed by atoms with Crippen LogP contribution >= 0.6 is 15.9 Å². The molecule has 2 aromatic rings. The highest BCUT2D eigenvalue weighted by atomic mass is 79.9. The first-order valence-corrected chi connectivity index (χ1v) is 8.33. The molecule has 0 aliphatic heterocycles. The summed E-state index contributed by atoms with van der Waals surface area (Å²) in [5, 5.41) is 0.882. The minimum Gasteiger partial charge on any atom is -0.457 e. The van der Waals surface area contributed by atoms with Gasteiger partial charge in [0, 0.05) is 5.33 Å². The quantitative estimate of drug-likeness (QED) is 0.669. The molecule has 0 saturated heterocycles. The fourth-order valence-corrected chi connectivity index (χ4v) is 3.16. The zero-order chi connectivity index (χ0) is 13.9. The fourth-order valence-electron chi connectivity index (χ4n) is 2.81. The molecular formula is C18H19BrO. The maximum atomic E-state index is 6.06. The molecule has 0 amide bonds. The first-order valence-electron chi connectivity index (χ1n) is 7.21. The van der Waals surface area contributed by atoms with Gasteiger partial charge in [-0.3, -0.25) is 0 Å². The third kappa shape index (κ3) is 2.90. The lowest BCUT2D eigenvalue weighted by Gasteiger charge is -2.17. The van der Waals surface area contributed by atoms with Crippen LogP contribution in [0.5, 0.6) is 11.5 Å². The first kappa shape index (κ1) is 13.7. The van der Waals surface area contributed by atoms with Crippen LogP contribution in [0.25, 0.3) is 0 Å². The van der Waals surface area contributed by atoms with Crippen molar-refractivity contribution in [3.8, 4) is 11.5 Å².